The van der Waals surface area contributed by atoms with Gasteiger partial charge in [-0.05, 0) is 24.3 Å². The van der Waals surface area contributed by atoms with Crippen LogP contribution in [0.2, 0.25) is 0 Å². The molecular weight excluding hydrogens is 286 g/mol. The summed E-state index contributed by atoms with van der Waals surface area (Å²) in [5.41, 5.74) is -0.146. The van der Waals surface area contributed by atoms with Crippen LogP contribution in [0.25, 0.3) is 0 Å². The topological polar surface area (TPSA) is 66.4 Å². The number of aliphatic carboxylic acids is 1. The zero-order valence-electron chi connectivity index (χ0n) is 12.3. The molecule has 0 bridgehead atoms. The number of carbonyl (C=O) groups is 2. The molecule has 21 heavy (non-hydrogen) atoms. The highest BCUT2D eigenvalue weighted by Crippen LogP contribution is 2.28. The van der Waals surface area contributed by atoms with E-state index in [1.54, 1.807) is 11.3 Å². The van der Waals surface area contributed by atoms with Gasteiger partial charge in [0.2, 0.25) is 5.91 Å². The third-order valence-electron chi connectivity index (χ3n) is 3.98. The molecule has 1 amide bonds. The van der Waals surface area contributed by atoms with E-state index in [1.165, 1.54) is 4.88 Å². The van der Waals surface area contributed by atoms with Crippen LogP contribution in [0.4, 0.5) is 0 Å². The van der Waals surface area contributed by atoms with Crippen LogP contribution in [0.5, 0.6) is 0 Å². The predicted octanol–water partition coefficient (Wildman–Crippen LogP) is 2.81. The van der Waals surface area contributed by atoms with Crippen molar-refractivity contribution in [3.8, 4) is 0 Å². The van der Waals surface area contributed by atoms with Gasteiger partial charge in [-0.25, -0.2) is 0 Å². The van der Waals surface area contributed by atoms with E-state index in [2.05, 4.69) is 25.2 Å². The summed E-state index contributed by atoms with van der Waals surface area (Å²) in [5.74, 6) is -2.13. The number of carbonyl (C=O) groups excluding carboxylic acids is 1. The Balaban J connectivity index is 1.98. The summed E-state index contributed by atoms with van der Waals surface area (Å²) < 4.78 is 0. The lowest BCUT2D eigenvalue weighted by Gasteiger charge is -2.28. The van der Waals surface area contributed by atoms with Crippen molar-refractivity contribution in [1.29, 1.82) is 0 Å². The van der Waals surface area contributed by atoms with E-state index in [-0.39, 0.29) is 11.3 Å². The van der Waals surface area contributed by atoms with Crippen LogP contribution in [-0.4, -0.2) is 23.5 Å². The lowest BCUT2D eigenvalue weighted by molar-refractivity contribution is -0.147. The Morgan fingerprint density at radius 1 is 1.33 bits per heavy atom. The number of carboxylic acids is 1. The minimum absolute atomic E-state index is 0.146. The van der Waals surface area contributed by atoms with Gasteiger partial charge in [0.15, 0.2) is 0 Å². The molecule has 1 aromatic heterocycles. The van der Waals surface area contributed by atoms with Gasteiger partial charge in [0.1, 0.15) is 0 Å². The second-order valence-corrected chi connectivity index (χ2v) is 7.02. The standard InChI is InChI=1S/C16H21NO3S/c1-16(2,13-8-5-9-21-13)10-17-14(18)11-6-3-4-7-12(11)15(19)20/h3-5,8-9,11-12H,6-7,10H2,1-2H3,(H,17,18)(H,19,20)/t11-,12+/m1/s1. The Morgan fingerprint density at radius 3 is 2.57 bits per heavy atom. The van der Waals surface area contributed by atoms with Crippen LogP contribution in [0.15, 0.2) is 29.7 Å². The van der Waals surface area contributed by atoms with E-state index in [0.29, 0.717) is 19.4 Å². The minimum atomic E-state index is -0.892. The molecule has 4 nitrogen and oxygen atoms in total. The van der Waals surface area contributed by atoms with Crippen LogP contribution in [0.1, 0.15) is 31.6 Å². The van der Waals surface area contributed by atoms with Crippen molar-refractivity contribution in [1.82, 2.24) is 5.32 Å². The highest BCUT2D eigenvalue weighted by atomic mass is 32.1. The lowest BCUT2D eigenvalue weighted by Crippen LogP contribution is -2.43. The molecule has 0 spiro atoms. The van der Waals surface area contributed by atoms with E-state index in [9.17, 15) is 14.7 Å². The van der Waals surface area contributed by atoms with Crippen LogP contribution in [-0.2, 0) is 15.0 Å². The Kier molecular flexibility index (Phi) is 4.83. The fraction of sp³-hybridized carbons (Fsp3) is 0.500. The molecule has 0 radical (unpaired) electrons. The number of carboxylic acid groups (broad SMARTS) is 1. The van der Waals surface area contributed by atoms with E-state index >= 15 is 0 Å². The van der Waals surface area contributed by atoms with E-state index in [4.69, 9.17) is 0 Å². The molecule has 0 aromatic carbocycles. The second kappa shape index (κ2) is 6.43. The molecule has 1 aliphatic rings. The number of amides is 1. The van der Waals surface area contributed by atoms with Crippen molar-refractivity contribution in [2.45, 2.75) is 32.1 Å². The third kappa shape index (κ3) is 3.73. The van der Waals surface area contributed by atoms with Crippen LogP contribution in [0, 0.1) is 11.8 Å². The first-order chi connectivity index (χ1) is 9.92. The third-order valence-corrected chi connectivity index (χ3v) is 5.21. The molecule has 2 atom stereocenters. The molecule has 0 unspecified atom stereocenters. The molecule has 0 saturated heterocycles. The van der Waals surface area contributed by atoms with Crippen LogP contribution >= 0.6 is 11.3 Å². The van der Waals surface area contributed by atoms with Crippen LogP contribution in [0.3, 0.4) is 0 Å². The number of hydrogen-bond donors (Lipinski definition) is 2. The van der Waals surface area contributed by atoms with Crippen molar-refractivity contribution in [3.63, 3.8) is 0 Å². The van der Waals surface area contributed by atoms with Crippen LogP contribution < -0.4 is 5.32 Å². The number of nitrogens with one attached hydrogen (secondary N) is 1. The quantitative estimate of drug-likeness (QED) is 0.822. The number of thiophene rings is 1. The Hall–Kier alpha value is -1.62. The largest absolute Gasteiger partial charge is 0.481 e. The van der Waals surface area contributed by atoms with Gasteiger partial charge in [0.25, 0.3) is 0 Å². The first-order valence-electron chi connectivity index (χ1n) is 7.11. The molecule has 1 aliphatic carbocycles. The summed E-state index contributed by atoms with van der Waals surface area (Å²) in [7, 11) is 0. The van der Waals surface area contributed by atoms with Crippen molar-refractivity contribution < 1.29 is 14.7 Å². The molecule has 0 aliphatic heterocycles. The maximum absolute atomic E-state index is 12.3. The molecule has 1 heterocycles. The van der Waals surface area contributed by atoms with Gasteiger partial charge in [0.05, 0.1) is 11.8 Å². The first kappa shape index (κ1) is 15.8. The summed E-state index contributed by atoms with van der Waals surface area (Å²) in [6.07, 6.45) is 4.68. The molecule has 1 aromatic rings. The molecule has 114 valence electrons. The molecule has 5 heteroatoms. The number of hydrogen-bond acceptors (Lipinski definition) is 3. The molecule has 0 saturated carbocycles. The summed E-state index contributed by atoms with van der Waals surface area (Å²) in [6.45, 7) is 4.67. The fourth-order valence-electron chi connectivity index (χ4n) is 2.57. The van der Waals surface area contributed by atoms with Gasteiger partial charge < -0.3 is 10.4 Å². The highest BCUT2D eigenvalue weighted by Gasteiger charge is 2.34. The zero-order chi connectivity index (χ0) is 15.5. The molecular formula is C16H21NO3S. The minimum Gasteiger partial charge on any atom is -0.481 e. The maximum atomic E-state index is 12.3. The molecule has 0 fully saturated rings. The Labute approximate surface area is 128 Å². The van der Waals surface area contributed by atoms with Gasteiger partial charge in [-0.1, -0.05) is 32.1 Å². The summed E-state index contributed by atoms with van der Waals surface area (Å²) >= 11 is 1.67. The normalized spacial score (nSPS) is 22.0. The molecule has 2 N–H and O–H groups in total. The van der Waals surface area contributed by atoms with Gasteiger partial charge >= 0.3 is 5.97 Å². The fourth-order valence-corrected chi connectivity index (χ4v) is 3.42. The van der Waals surface area contributed by atoms with Crippen molar-refractivity contribution in [2.24, 2.45) is 11.8 Å². The first-order valence-corrected chi connectivity index (χ1v) is 7.99. The Morgan fingerprint density at radius 2 is 2.00 bits per heavy atom. The van der Waals surface area contributed by atoms with Crippen molar-refractivity contribution in [3.05, 3.63) is 34.5 Å². The van der Waals surface area contributed by atoms with Crippen molar-refractivity contribution in [2.75, 3.05) is 6.54 Å². The summed E-state index contributed by atoms with van der Waals surface area (Å²) in [6, 6.07) is 4.05. The average Bonchev–Trinajstić information content (AvgIpc) is 3.00. The average molecular weight is 307 g/mol. The SMILES string of the molecule is CC(C)(CNC(=O)[C@@H]1CC=CC[C@@H]1C(=O)O)c1cccs1. The second-order valence-electron chi connectivity index (χ2n) is 6.07. The summed E-state index contributed by atoms with van der Waals surface area (Å²) in [5, 5.41) is 14.2. The predicted molar refractivity (Wildman–Crippen MR) is 83.3 cm³/mol. The Bertz CT molecular complexity index is 534. The van der Waals surface area contributed by atoms with Crippen molar-refractivity contribution >= 4 is 23.2 Å². The van der Waals surface area contributed by atoms with Gasteiger partial charge in [-0.3, -0.25) is 9.59 Å². The van der Waals surface area contributed by atoms with Gasteiger partial charge in [-0.15, -0.1) is 11.3 Å². The number of rotatable bonds is 5. The van der Waals surface area contributed by atoms with E-state index < -0.39 is 17.8 Å². The van der Waals surface area contributed by atoms with Gasteiger partial charge in [-0.2, -0.15) is 0 Å². The van der Waals surface area contributed by atoms with E-state index in [1.807, 2.05) is 23.6 Å². The monoisotopic (exact) mass is 307 g/mol. The molecule has 2 rings (SSSR count). The highest BCUT2D eigenvalue weighted by molar-refractivity contribution is 7.10. The van der Waals surface area contributed by atoms with Gasteiger partial charge in [0, 0.05) is 16.8 Å². The van der Waals surface area contributed by atoms with E-state index in [0.717, 1.165) is 0 Å². The smallest absolute Gasteiger partial charge is 0.307 e. The number of allylic oxidation sites excluding steroid dienone is 2. The lowest BCUT2D eigenvalue weighted by atomic mass is 9.82. The summed E-state index contributed by atoms with van der Waals surface area (Å²) in [4.78, 5) is 24.8. The zero-order valence-corrected chi connectivity index (χ0v) is 13.2. The maximum Gasteiger partial charge on any atom is 0.307 e.